The molecule has 0 saturated carbocycles. The van der Waals surface area contributed by atoms with Crippen molar-refractivity contribution in [3.05, 3.63) is 64.9 Å². The zero-order chi connectivity index (χ0) is 17.1. The Bertz CT molecular complexity index is 937. The molecule has 0 fully saturated rings. The van der Waals surface area contributed by atoms with Crippen molar-refractivity contribution in [2.45, 2.75) is 6.92 Å². The molecule has 0 unspecified atom stereocenters. The normalized spacial score (nSPS) is 10.8. The predicted octanol–water partition coefficient (Wildman–Crippen LogP) is 4.80. The SMILES string of the molecule is CCOC(=N)c1cc2c(/C=C/c3cccc(F)c3)n[nH]c2cc1F.Cl. The summed E-state index contributed by atoms with van der Waals surface area (Å²) in [6, 6.07) is 8.97. The summed E-state index contributed by atoms with van der Waals surface area (Å²) in [5.74, 6) is -1.10. The molecule has 130 valence electrons. The summed E-state index contributed by atoms with van der Waals surface area (Å²) in [5.41, 5.74) is 1.85. The van der Waals surface area contributed by atoms with Gasteiger partial charge in [-0.3, -0.25) is 10.5 Å². The first-order chi connectivity index (χ1) is 11.6. The molecule has 0 amide bonds. The van der Waals surface area contributed by atoms with Crippen LogP contribution in [0.5, 0.6) is 0 Å². The molecule has 0 spiro atoms. The van der Waals surface area contributed by atoms with Crippen LogP contribution in [0.3, 0.4) is 0 Å². The van der Waals surface area contributed by atoms with Crippen LogP contribution < -0.4 is 0 Å². The van der Waals surface area contributed by atoms with Gasteiger partial charge in [-0.05, 0) is 36.8 Å². The van der Waals surface area contributed by atoms with Crippen molar-refractivity contribution < 1.29 is 13.5 Å². The summed E-state index contributed by atoms with van der Waals surface area (Å²) in [6.45, 7) is 2.02. The largest absolute Gasteiger partial charge is 0.478 e. The van der Waals surface area contributed by atoms with E-state index in [2.05, 4.69) is 10.2 Å². The molecule has 0 saturated heterocycles. The standard InChI is InChI=1S/C18H15F2N3O.ClH/c1-2-24-18(21)13-9-14-16(22-23-17(14)10-15(13)20)7-6-11-4-3-5-12(19)8-11;/h3-10,21H,2H2,1H3,(H,22,23);1H/b7-6+,21-18?;. The third-order valence-electron chi connectivity index (χ3n) is 3.50. The van der Waals surface area contributed by atoms with E-state index in [0.717, 1.165) is 0 Å². The van der Waals surface area contributed by atoms with Gasteiger partial charge in [0.25, 0.3) is 0 Å². The van der Waals surface area contributed by atoms with Crippen LogP contribution in [0, 0.1) is 17.0 Å². The minimum absolute atomic E-state index is 0. The van der Waals surface area contributed by atoms with Crippen LogP contribution in [0.1, 0.15) is 23.7 Å². The second kappa shape index (κ2) is 7.90. The Kier molecular flexibility index (Phi) is 5.88. The van der Waals surface area contributed by atoms with Crippen LogP contribution in [0.25, 0.3) is 23.1 Å². The molecule has 2 aromatic carbocycles. The highest BCUT2D eigenvalue weighted by Crippen LogP contribution is 2.23. The molecule has 0 aliphatic carbocycles. The van der Waals surface area contributed by atoms with Crippen molar-refractivity contribution in [2.75, 3.05) is 6.61 Å². The highest BCUT2D eigenvalue weighted by molar-refractivity contribution is 5.98. The van der Waals surface area contributed by atoms with Crippen molar-refractivity contribution in [3.63, 3.8) is 0 Å². The quantitative estimate of drug-likeness (QED) is 0.517. The number of nitrogens with one attached hydrogen (secondary N) is 2. The van der Waals surface area contributed by atoms with E-state index >= 15 is 0 Å². The fourth-order valence-electron chi connectivity index (χ4n) is 2.37. The van der Waals surface area contributed by atoms with E-state index in [1.54, 1.807) is 31.2 Å². The van der Waals surface area contributed by atoms with Gasteiger partial charge in [0.2, 0.25) is 5.90 Å². The summed E-state index contributed by atoms with van der Waals surface area (Å²) in [4.78, 5) is 0. The number of hydrogen-bond acceptors (Lipinski definition) is 3. The maximum absolute atomic E-state index is 14.1. The molecule has 25 heavy (non-hydrogen) atoms. The van der Waals surface area contributed by atoms with Crippen molar-refractivity contribution in [1.82, 2.24) is 10.2 Å². The number of hydrogen-bond donors (Lipinski definition) is 2. The van der Waals surface area contributed by atoms with Gasteiger partial charge in [-0.2, -0.15) is 5.10 Å². The van der Waals surface area contributed by atoms with Crippen LogP contribution in [-0.2, 0) is 4.74 Å². The molecule has 2 N–H and O–H groups in total. The molecular weight excluding hydrogens is 348 g/mol. The van der Waals surface area contributed by atoms with Crippen molar-refractivity contribution in [1.29, 1.82) is 5.41 Å². The maximum atomic E-state index is 14.1. The molecule has 0 aliphatic rings. The molecule has 1 heterocycles. The highest BCUT2D eigenvalue weighted by Gasteiger charge is 2.14. The fraction of sp³-hybridized carbons (Fsp3) is 0.111. The third-order valence-corrected chi connectivity index (χ3v) is 3.50. The first-order valence-electron chi connectivity index (χ1n) is 7.41. The average Bonchev–Trinajstić information content (AvgIpc) is 2.94. The lowest BCUT2D eigenvalue weighted by Gasteiger charge is -2.06. The number of H-pyrrole nitrogens is 1. The van der Waals surface area contributed by atoms with Gasteiger partial charge >= 0.3 is 0 Å². The van der Waals surface area contributed by atoms with Gasteiger partial charge in [0, 0.05) is 11.5 Å². The molecule has 0 bridgehead atoms. The maximum Gasteiger partial charge on any atom is 0.216 e. The number of aromatic nitrogens is 2. The van der Waals surface area contributed by atoms with Crippen molar-refractivity contribution >= 4 is 41.4 Å². The van der Waals surface area contributed by atoms with Crippen LogP contribution in [0.15, 0.2) is 36.4 Å². The summed E-state index contributed by atoms with van der Waals surface area (Å²) >= 11 is 0. The summed E-state index contributed by atoms with van der Waals surface area (Å²) < 4.78 is 32.3. The molecular formula is C18H16ClF2N3O. The molecule has 0 aliphatic heterocycles. The number of nitrogens with zero attached hydrogens (tertiary/aromatic N) is 1. The zero-order valence-corrected chi connectivity index (χ0v) is 14.2. The lowest BCUT2D eigenvalue weighted by Crippen LogP contribution is -2.07. The van der Waals surface area contributed by atoms with Crippen LogP contribution in [0.4, 0.5) is 8.78 Å². The van der Waals surface area contributed by atoms with Crippen LogP contribution in [-0.4, -0.2) is 22.7 Å². The van der Waals surface area contributed by atoms with E-state index in [9.17, 15) is 8.78 Å². The number of rotatable bonds is 4. The zero-order valence-electron chi connectivity index (χ0n) is 13.3. The number of aromatic amines is 1. The lowest BCUT2D eigenvalue weighted by atomic mass is 10.1. The van der Waals surface area contributed by atoms with Crippen LogP contribution >= 0.6 is 12.4 Å². The molecule has 3 rings (SSSR count). The average molecular weight is 364 g/mol. The number of halogens is 3. The Morgan fingerprint density at radius 2 is 2.04 bits per heavy atom. The van der Waals surface area contributed by atoms with Gasteiger partial charge < -0.3 is 4.74 Å². The van der Waals surface area contributed by atoms with Crippen LogP contribution in [0.2, 0.25) is 0 Å². The molecule has 0 radical (unpaired) electrons. The van der Waals surface area contributed by atoms with Crippen molar-refractivity contribution in [3.8, 4) is 0 Å². The van der Waals surface area contributed by atoms with E-state index in [-0.39, 0.29) is 36.3 Å². The van der Waals surface area contributed by atoms with E-state index in [4.69, 9.17) is 10.1 Å². The summed E-state index contributed by atoms with van der Waals surface area (Å²) in [5, 5.41) is 15.3. The Balaban J connectivity index is 0.00000225. The second-order valence-electron chi connectivity index (χ2n) is 5.14. The fourth-order valence-corrected chi connectivity index (χ4v) is 2.37. The lowest BCUT2D eigenvalue weighted by molar-refractivity contribution is 0.324. The molecule has 3 aromatic rings. The second-order valence-corrected chi connectivity index (χ2v) is 5.14. The smallest absolute Gasteiger partial charge is 0.216 e. The van der Waals surface area contributed by atoms with Gasteiger partial charge in [-0.15, -0.1) is 12.4 Å². The predicted molar refractivity (Wildman–Crippen MR) is 97.1 cm³/mol. The Morgan fingerprint density at radius 1 is 1.24 bits per heavy atom. The Hall–Kier alpha value is -2.73. The molecule has 7 heteroatoms. The summed E-state index contributed by atoms with van der Waals surface area (Å²) in [6.07, 6.45) is 3.43. The van der Waals surface area contributed by atoms with Gasteiger partial charge in [-0.1, -0.05) is 18.2 Å². The first-order valence-corrected chi connectivity index (χ1v) is 7.41. The number of ether oxygens (including phenoxy) is 1. The van der Waals surface area contributed by atoms with E-state index in [1.807, 2.05) is 0 Å². The van der Waals surface area contributed by atoms with Gasteiger partial charge in [0.1, 0.15) is 11.6 Å². The van der Waals surface area contributed by atoms with Gasteiger partial charge in [0.15, 0.2) is 0 Å². The third kappa shape index (κ3) is 4.03. The van der Waals surface area contributed by atoms with E-state index in [1.165, 1.54) is 24.3 Å². The Labute approximate surface area is 149 Å². The Morgan fingerprint density at radius 3 is 2.76 bits per heavy atom. The van der Waals surface area contributed by atoms with Gasteiger partial charge in [-0.25, -0.2) is 8.78 Å². The highest BCUT2D eigenvalue weighted by atomic mass is 35.5. The molecule has 0 atom stereocenters. The molecule has 4 nitrogen and oxygen atoms in total. The van der Waals surface area contributed by atoms with Crippen molar-refractivity contribution in [2.24, 2.45) is 0 Å². The minimum atomic E-state index is -0.551. The van der Waals surface area contributed by atoms with Gasteiger partial charge in [0.05, 0.1) is 23.4 Å². The first kappa shape index (κ1) is 18.6. The van der Waals surface area contributed by atoms with E-state index in [0.29, 0.717) is 22.2 Å². The minimum Gasteiger partial charge on any atom is -0.478 e. The number of fused-ring (bicyclic) bond motifs is 1. The molecule has 1 aromatic heterocycles. The summed E-state index contributed by atoms with van der Waals surface area (Å²) in [7, 11) is 0. The number of benzene rings is 2. The van der Waals surface area contributed by atoms with E-state index < -0.39 is 5.82 Å². The monoisotopic (exact) mass is 363 g/mol. The topological polar surface area (TPSA) is 61.8 Å².